The van der Waals surface area contributed by atoms with Gasteiger partial charge < -0.3 is 9.47 Å². The zero-order chi connectivity index (χ0) is 26.3. The number of amides is 1. The molecule has 1 aromatic heterocycles. The van der Waals surface area contributed by atoms with Crippen molar-refractivity contribution in [3.8, 4) is 22.8 Å². The van der Waals surface area contributed by atoms with Gasteiger partial charge in [0.15, 0.2) is 11.5 Å². The molecule has 0 spiro atoms. The van der Waals surface area contributed by atoms with E-state index in [2.05, 4.69) is 10.5 Å². The summed E-state index contributed by atoms with van der Waals surface area (Å²) in [5.74, 6) is 0.828. The zero-order valence-electron chi connectivity index (χ0n) is 20.6. The van der Waals surface area contributed by atoms with E-state index in [0.717, 1.165) is 33.3 Å². The number of hydrogen-bond donors (Lipinski definition) is 1. The smallest absolute Gasteiger partial charge is 0.272 e. The van der Waals surface area contributed by atoms with E-state index in [1.807, 2.05) is 84.9 Å². The third-order valence-corrected chi connectivity index (χ3v) is 6.16. The fourth-order valence-corrected chi connectivity index (χ4v) is 4.10. The molecular weight excluding hydrogens is 498 g/mol. The van der Waals surface area contributed by atoms with Crippen molar-refractivity contribution in [3.05, 3.63) is 125 Å². The molecule has 5 aromatic rings. The second-order valence-corrected chi connectivity index (χ2v) is 8.90. The van der Waals surface area contributed by atoms with Gasteiger partial charge in [-0.05, 0) is 53.6 Å². The highest BCUT2D eigenvalue weighted by molar-refractivity contribution is 6.30. The summed E-state index contributed by atoms with van der Waals surface area (Å²) < 4.78 is 11.4. The van der Waals surface area contributed by atoms with Gasteiger partial charge in [-0.1, -0.05) is 72.3 Å². The molecule has 0 atom stereocenters. The normalized spacial score (nSPS) is 11.0. The fraction of sp³-hybridized carbons (Fsp3) is 0.0645. The van der Waals surface area contributed by atoms with Gasteiger partial charge in [0.2, 0.25) is 0 Å². The molecule has 0 aliphatic heterocycles. The van der Waals surface area contributed by atoms with Crippen LogP contribution in [0.5, 0.6) is 11.5 Å². The number of methoxy groups -OCH3 is 1. The van der Waals surface area contributed by atoms with E-state index in [9.17, 15) is 4.79 Å². The van der Waals surface area contributed by atoms with Crippen LogP contribution in [-0.2, 0) is 6.61 Å². The Kier molecular flexibility index (Phi) is 7.62. The Bertz CT molecular complexity index is 1600. The molecule has 5 rings (SSSR count). The van der Waals surface area contributed by atoms with Crippen molar-refractivity contribution in [3.63, 3.8) is 0 Å². The fourth-order valence-electron chi connectivity index (χ4n) is 3.97. The average molecular weight is 522 g/mol. The van der Waals surface area contributed by atoms with Crippen molar-refractivity contribution in [2.24, 2.45) is 5.10 Å². The maximum atomic E-state index is 13.1. The SMILES string of the molecule is COc1cc(/C=N/NC(=O)c2cc(-c3ccccc3)nc3ccccc23)ccc1OCc1ccc(Cl)cc1. The first-order valence-corrected chi connectivity index (χ1v) is 12.3. The van der Waals surface area contributed by atoms with Gasteiger partial charge in [-0.2, -0.15) is 5.10 Å². The number of carbonyl (C=O) groups is 1. The Balaban J connectivity index is 1.31. The maximum absolute atomic E-state index is 13.1. The van der Waals surface area contributed by atoms with Gasteiger partial charge in [-0.15, -0.1) is 0 Å². The summed E-state index contributed by atoms with van der Waals surface area (Å²) in [5, 5.41) is 5.61. The minimum atomic E-state index is -0.327. The largest absolute Gasteiger partial charge is 0.493 e. The number of nitrogens with one attached hydrogen (secondary N) is 1. The van der Waals surface area contributed by atoms with Crippen molar-refractivity contribution in [2.45, 2.75) is 6.61 Å². The standard InChI is InChI=1S/C31H24ClN3O3/c1-37-30-17-22(13-16-29(30)38-20-21-11-14-24(32)15-12-21)19-33-35-31(36)26-18-28(23-7-3-2-4-8-23)34-27-10-6-5-9-25(26)27/h2-19H,20H2,1H3,(H,35,36)/b33-19+. The van der Waals surface area contributed by atoms with Crippen LogP contribution in [0.3, 0.4) is 0 Å². The Hall–Kier alpha value is -4.68. The number of nitrogens with zero attached hydrogens (tertiary/aromatic N) is 2. The quantitative estimate of drug-likeness (QED) is 0.178. The molecule has 0 unspecified atom stereocenters. The lowest BCUT2D eigenvalue weighted by atomic mass is 10.0. The number of halogens is 1. The van der Waals surface area contributed by atoms with E-state index >= 15 is 0 Å². The van der Waals surface area contributed by atoms with Gasteiger partial charge in [0.05, 0.1) is 30.1 Å². The third-order valence-electron chi connectivity index (χ3n) is 5.91. The van der Waals surface area contributed by atoms with Crippen molar-refractivity contribution in [1.29, 1.82) is 0 Å². The molecule has 188 valence electrons. The summed E-state index contributed by atoms with van der Waals surface area (Å²) in [7, 11) is 1.58. The molecular formula is C31H24ClN3O3. The first kappa shape index (κ1) is 25.0. The number of rotatable bonds is 8. The summed E-state index contributed by atoms with van der Waals surface area (Å²) >= 11 is 5.95. The molecule has 1 N–H and O–H groups in total. The Morgan fingerprint density at radius 1 is 0.921 bits per heavy atom. The van der Waals surface area contributed by atoms with Gasteiger partial charge >= 0.3 is 0 Å². The molecule has 0 fully saturated rings. The van der Waals surface area contributed by atoms with Crippen molar-refractivity contribution in [2.75, 3.05) is 7.11 Å². The minimum Gasteiger partial charge on any atom is -0.493 e. The summed E-state index contributed by atoms with van der Waals surface area (Å²) in [6.45, 7) is 0.377. The molecule has 0 saturated heterocycles. The van der Waals surface area contributed by atoms with Crippen LogP contribution >= 0.6 is 11.6 Å². The number of para-hydroxylation sites is 1. The van der Waals surface area contributed by atoms with E-state index in [0.29, 0.717) is 28.7 Å². The van der Waals surface area contributed by atoms with E-state index in [1.165, 1.54) is 0 Å². The van der Waals surface area contributed by atoms with Crippen LogP contribution in [0, 0.1) is 0 Å². The summed E-state index contributed by atoms with van der Waals surface area (Å²) in [5.41, 5.74) is 7.26. The predicted octanol–water partition coefficient (Wildman–Crippen LogP) is 6.91. The second-order valence-electron chi connectivity index (χ2n) is 8.46. The van der Waals surface area contributed by atoms with Gasteiger partial charge in [-0.25, -0.2) is 10.4 Å². The monoisotopic (exact) mass is 521 g/mol. The molecule has 0 saturated carbocycles. The van der Waals surface area contributed by atoms with Gasteiger partial charge in [0, 0.05) is 16.0 Å². The molecule has 1 amide bonds. The predicted molar refractivity (Wildman–Crippen MR) is 151 cm³/mol. The number of benzene rings is 4. The van der Waals surface area contributed by atoms with Gasteiger partial charge in [0.1, 0.15) is 6.61 Å². The van der Waals surface area contributed by atoms with E-state index < -0.39 is 0 Å². The Morgan fingerprint density at radius 3 is 2.47 bits per heavy atom. The third kappa shape index (κ3) is 5.82. The number of ether oxygens (including phenoxy) is 2. The average Bonchev–Trinajstić information content (AvgIpc) is 2.97. The van der Waals surface area contributed by atoms with Crippen LogP contribution in [0.4, 0.5) is 0 Å². The number of hydrazone groups is 1. The minimum absolute atomic E-state index is 0.327. The lowest BCUT2D eigenvalue weighted by molar-refractivity contribution is 0.0956. The number of aromatic nitrogens is 1. The Morgan fingerprint density at radius 2 is 1.68 bits per heavy atom. The maximum Gasteiger partial charge on any atom is 0.272 e. The molecule has 0 aliphatic carbocycles. The highest BCUT2D eigenvalue weighted by Crippen LogP contribution is 2.29. The Labute approximate surface area is 225 Å². The first-order chi connectivity index (χ1) is 18.6. The molecule has 0 aliphatic rings. The van der Waals surface area contributed by atoms with Gasteiger partial charge in [0.25, 0.3) is 5.91 Å². The number of hydrogen-bond acceptors (Lipinski definition) is 5. The molecule has 38 heavy (non-hydrogen) atoms. The number of carbonyl (C=O) groups excluding carboxylic acids is 1. The molecule has 6 nitrogen and oxygen atoms in total. The van der Waals surface area contributed by atoms with Gasteiger partial charge in [-0.3, -0.25) is 4.79 Å². The molecule has 0 bridgehead atoms. The first-order valence-electron chi connectivity index (χ1n) is 11.9. The number of fused-ring (bicyclic) bond motifs is 1. The molecule has 4 aromatic carbocycles. The van der Waals surface area contributed by atoms with Crippen molar-refractivity contribution in [1.82, 2.24) is 10.4 Å². The van der Waals surface area contributed by atoms with Crippen LogP contribution in [-0.4, -0.2) is 24.2 Å². The highest BCUT2D eigenvalue weighted by atomic mass is 35.5. The summed E-state index contributed by atoms with van der Waals surface area (Å²) in [6, 6.07) is 32.0. The van der Waals surface area contributed by atoms with E-state index in [-0.39, 0.29) is 5.91 Å². The lowest BCUT2D eigenvalue weighted by Gasteiger charge is -2.11. The van der Waals surface area contributed by atoms with Crippen LogP contribution < -0.4 is 14.9 Å². The van der Waals surface area contributed by atoms with E-state index in [1.54, 1.807) is 31.5 Å². The molecule has 7 heteroatoms. The molecule has 1 heterocycles. The van der Waals surface area contributed by atoms with Crippen LogP contribution in [0.2, 0.25) is 5.02 Å². The lowest BCUT2D eigenvalue weighted by Crippen LogP contribution is -2.18. The number of pyridine rings is 1. The van der Waals surface area contributed by atoms with Crippen LogP contribution in [0.1, 0.15) is 21.5 Å². The summed E-state index contributed by atoms with van der Waals surface area (Å²) in [4.78, 5) is 17.9. The van der Waals surface area contributed by atoms with Crippen LogP contribution in [0.25, 0.3) is 22.2 Å². The highest BCUT2D eigenvalue weighted by Gasteiger charge is 2.13. The second kappa shape index (κ2) is 11.6. The summed E-state index contributed by atoms with van der Waals surface area (Å²) in [6.07, 6.45) is 1.56. The van der Waals surface area contributed by atoms with Crippen molar-refractivity contribution >= 4 is 34.6 Å². The van der Waals surface area contributed by atoms with E-state index in [4.69, 9.17) is 26.1 Å². The topological polar surface area (TPSA) is 72.8 Å². The molecule has 0 radical (unpaired) electrons. The van der Waals surface area contributed by atoms with Crippen LogP contribution in [0.15, 0.2) is 108 Å². The van der Waals surface area contributed by atoms with Crippen molar-refractivity contribution < 1.29 is 14.3 Å². The zero-order valence-corrected chi connectivity index (χ0v) is 21.4.